The molecule has 0 aliphatic carbocycles. The normalized spacial score (nSPS) is 23.0. The van der Waals surface area contributed by atoms with Crippen molar-refractivity contribution in [2.75, 3.05) is 31.1 Å². The summed E-state index contributed by atoms with van der Waals surface area (Å²) >= 11 is 0. The largest absolute Gasteiger partial charge is 0.326 e. The van der Waals surface area contributed by atoms with Crippen LogP contribution in [0.15, 0.2) is 54.6 Å². The third-order valence-electron chi connectivity index (χ3n) is 5.50. The van der Waals surface area contributed by atoms with Gasteiger partial charge in [-0.05, 0) is 23.6 Å². The molecular formula is C21H25N3O. The van der Waals surface area contributed by atoms with Crippen molar-refractivity contribution in [2.45, 2.75) is 24.8 Å². The van der Waals surface area contributed by atoms with Crippen molar-refractivity contribution in [1.82, 2.24) is 4.90 Å². The highest BCUT2D eigenvalue weighted by Gasteiger charge is 2.32. The fourth-order valence-corrected chi connectivity index (χ4v) is 4.13. The van der Waals surface area contributed by atoms with Gasteiger partial charge in [0.25, 0.3) is 0 Å². The maximum absolute atomic E-state index is 12.7. The van der Waals surface area contributed by atoms with Crippen molar-refractivity contribution in [2.24, 2.45) is 5.73 Å². The monoisotopic (exact) mass is 335 g/mol. The predicted molar refractivity (Wildman–Crippen MR) is 101 cm³/mol. The van der Waals surface area contributed by atoms with Gasteiger partial charge in [-0.3, -0.25) is 4.79 Å². The minimum Gasteiger partial charge on any atom is -0.326 e. The zero-order valence-electron chi connectivity index (χ0n) is 14.5. The number of likely N-dealkylation sites (tertiary alicyclic amines) is 1. The topological polar surface area (TPSA) is 49.6 Å². The van der Waals surface area contributed by atoms with E-state index in [9.17, 15) is 4.79 Å². The van der Waals surface area contributed by atoms with E-state index < -0.39 is 0 Å². The van der Waals surface area contributed by atoms with E-state index in [1.807, 2.05) is 23.1 Å². The van der Waals surface area contributed by atoms with Crippen molar-refractivity contribution in [3.63, 3.8) is 0 Å². The highest BCUT2D eigenvalue weighted by molar-refractivity contribution is 5.95. The molecule has 0 bridgehead atoms. The molecule has 1 amide bonds. The van der Waals surface area contributed by atoms with Gasteiger partial charge in [0.15, 0.2) is 0 Å². The Morgan fingerprint density at radius 2 is 1.80 bits per heavy atom. The van der Waals surface area contributed by atoms with Gasteiger partial charge in [0, 0.05) is 50.2 Å². The van der Waals surface area contributed by atoms with E-state index in [0.717, 1.165) is 38.3 Å². The van der Waals surface area contributed by atoms with Gasteiger partial charge in [0.2, 0.25) is 5.91 Å². The summed E-state index contributed by atoms with van der Waals surface area (Å²) in [6, 6.07) is 18.8. The number of hydrogen-bond acceptors (Lipinski definition) is 3. The van der Waals surface area contributed by atoms with Crippen LogP contribution < -0.4 is 10.6 Å². The van der Waals surface area contributed by atoms with Crippen LogP contribution in [0.2, 0.25) is 0 Å². The average molecular weight is 335 g/mol. The number of nitrogens with two attached hydrogens (primary N) is 1. The fraction of sp³-hybridized carbons (Fsp3) is 0.381. The summed E-state index contributed by atoms with van der Waals surface area (Å²) in [5.41, 5.74) is 10.0. The highest BCUT2D eigenvalue weighted by Crippen LogP contribution is 2.29. The van der Waals surface area contributed by atoms with Crippen molar-refractivity contribution in [3.8, 4) is 0 Å². The lowest BCUT2D eigenvalue weighted by molar-refractivity contribution is -0.118. The van der Waals surface area contributed by atoms with Crippen LogP contribution in [0.3, 0.4) is 0 Å². The Morgan fingerprint density at radius 3 is 2.64 bits per heavy atom. The molecule has 25 heavy (non-hydrogen) atoms. The zero-order valence-corrected chi connectivity index (χ0v) is 14.5. The van der Waals surface area contributed by atoms with E-state index >= 15 is 0 Å². The number of para-hydroxylation sites is 1. The number of carbonyl (C=O) groups is 1. The third-order valence-corrected chi connectivity index (χ3v) is 5.50. The van der Waals surface area contributed by atoms with Gasteiger partial charge < -0.3 is 15.5 Å². The SMILES string of the molecule is N[C@@H]1CN(CCC(=O)N2CCc3ccccc32)C[C@H]1c1ccccc1. The minimum atomic E-state index is 0.144. The summed E-state index contributed by atoms with van der Waals surface area (Å²) < 4.78 is 0. The molecular weight excluding hydrogens is 310 g/mol. The molecule has 0 radical (unpaired) electrons. The minimum absolute atomic E-state index is 0.144. The molecule has 4 rings (SSSR count). The van der Waals surface area contributed by atoms with Crippen LogP contribution in [0, 0.1) is 0 Å². The number of anilines is 1. The van der Waals surface area contributed by atoms with Gasteiger partial charge in [-0.15, -0.1) is 0 Å². The first-order chi connectivity index (χ1) is 12.2. The molecule has 2 aliphatic heterocycles. The molecule has 0 saturated carbocycles. The molecule has 1 saturated heterocycles. The molecule has 2 aromatic rings. The number of fused-ring (bicyclic) bond motifs is 1. The van der Waals surface area contributed by atoms with Crippen LogP contribution in [-0.2, 0) is 11.2 Å². The average Bonchev–Trinajstić information content (AvgIpc) is 3.24. The standard InChI is InChI=1S/C21H25N3O/c22-19-15-23(14-18(19)16-6-2-1-3-7-16)12-11-21(25)24-13-10-17-8-4-5-9-20(17)24/h1-9,18-19H,10-15,22H2/t18-,19+/m0/s1. The smallest absolute Gasteiger partial charge is 0.228 e. The van der Waals surface area contributed by atoms with Crippen molar-refractivity contribution in [1.29, 1.82) is 0 Å². The van der Waals surface area contributed by atoms with E-state index in [4.69, 9.17) is 5.73 Å². The van der Waals surface area contributed by atoms with Crippen molar-refractivity contribution >= 4 is 11.6 Å². The summed E-state index contributed by atoms with van der Waals surface area (Å²) in [7, 11) is 0. The number of hydrogen-bond donors (Lipinski definition) is 1. The lowest BCUT2D eigenvalue weighted by Gasteiger charge is -2.20. The van der Waals surface area contributed by atoms with Gasteiger partial charge in [-0.25, -0.2) is 0 Å². The maximum atomic E-state index is 12.7. The molecule has 2 atom stereocenters. The van der Waals surface area contributed by atoms with Crippen molar-refractivity contribution < 1.29 is 4.79 Å². The Morgan fingerprint density at radius 1 is 1.04 bits per heavy atom. The molecule has 4 heteroatoms. The summed E-state index contributed by atoms with van der Waals surface area (Å²) in [6.45, 7) is 3.40. The first-order valence-corrected chi connectivity index (χ1v) is 9.13. The van der Waals surface area contributed by atoms with Crippen LogP contribution in [0.4, 0.5) is 5.69 Å². The number of amides is 1. The molecule has 130 valence electrons. The molecule has 2 aliphatic rings. The Hall–Kier alpha value is -2.17. The second kappa shape index (κ2) is 6.98. The number of nitrogens with zero attached hydrogens (tertiary/aromatic N) is 2. The van der Waals surface area contributed by atoms with E-state index in [0.29, 0.717) is 12.3 Å². The summed E-state index contributed by atoms with van der Waals surface area (Å²) in [6.07, 6.45) is 1.52. The maximum Gasteiger partial charge on any atom is 0.228 e. The third kappa shape index (κ3) is 3.32. The van der Waals surface area contributed by atoms with Gasteiger partial charge in [0.05, 0.1) is 0 Å². The molecule has 0 unspecified atom stereocenters. The Balaban J connectivity index is 1.34. The lowest BCUT2D eigenvalue weighted by atomic mass is 9.95. The van der Waals surface area contributed by atoms with Crippen molar-refractivity contribution in [3.05, 3.63) is 65.7 Å². The van der Waals surface area contributed by atoms with E-state index in [2.05, 4.69) is 41.3 Å². The van der Waals surface area contributed by atoms with Crippen LogP contribution in [0.1, 0.15) is 23.5 Å². The molecule has 2 heterocycles. The second-order valence-electron chi connectivity index (χ2n) is 7.11. The molecule has 4 nitrogen and oxygen atoms in total. The van der Waals surface area contributed by atoms with Crippen LogP contribution in [0.25, 0.3) is 0 Å². The summed E-state index contributed by atoms with van der Waals surface area (Å²) in [5.74, 6) is 0.588. The molecule has 1 fully saturated rings. The zero-order chi connectivity index (χ0) is 17.2. The second-order valence-corrected chi connectivity index (χ2v) is 7.11. The van der Waals surface area contributed by atoms with E-state index in [1.54, 1.807) is 0 Å². The van der Waals surface area contributed by atoms with E-state index in [1.165, 1.54) is 11.1 Å². The van der Waals surface area contributed by atoms with Crippen LogP contribution in [0.5, 0.6) is 0 Å². The van der Waals surface area contributed by atoms with Gasteiger partial charge in [-0.2, -0.15) is 0 Å². The summed E-state index contributed by atoms with van der Waals surface area (Å²) in [5, 5.41) is 0. The number of benzene rings is 2. The van der Waals surface area contributed by atoms with Gasteiger partial charge >= 0.3 is 0 Å². The first kappa shape index (κ1) is 16.3. The Bertz CT molecular complexity index is 746. The number of rotatable bonds is 4. The van der Waals surface area contributed by atoms with E-state index in [-0.39, 0.29) is 11.9 Å². The number of carbonyl (C=O) groups excluding carboxylic acids is 1. The quantitative estimate of drug-likeness (QED) is 0.933. The molecule has 0 spiro atoms. The fourth-order valence-electron chi connectivity index (χ4n) is 4.13. The predicted octanol–water partition coefficient (Wildman–Crippen LogP) is 2.39. The van der Waals surface area contributed by atoms with Crippen LogP contribution in [-0.4, -0.2) is 43.0 Å². The summed E-state index contributed by atoms with van der Waals surface area (Å²) in [4.78, 5) is 16.9. The van der Waals surface area contributed by atoms with Crippen LogP contribution >= 0.6 is 0 Å². The molecule has 2 N–H and O–H groups in total. The molecule has 0 aromatic heterocycles. The first-order valence-electron chi connectivity index (χ1n) is 9.13. The lowest BCUT2D eigenvalue weighted by Crippen LogP contribution is -2.34. The Kier molecular flexibility index (Phi) is 4.55. The van der Waals surface area contributed by atoms with Gasteiger partial charge in [-0.1, -0.05) is 48.5 Å². The highest BCUT2D eigenvalue weighted by atomic mass is 16.2. The Labute approximate surface area is 149 Å². The van der Waals surface area contributed by atoms with Gasteiger partial charge in [0.1, 0.15) is 0 Å². The molecule has 2 aromatic carbocycles.